The molecule has 1 aliphatic rings. The molecule has 1 saturated heterocycles. The van der Waals surface area contributed by atoms with E-state index in [-0.39, 0.29) is 5.91 Å². The van der Waals surface area contributed by atoms with Crippen molar-refractivity contribution in [2.45, 2.75) is 32.2 Å². The highest BCUT2D eigenvalue weighted by Gasteiger charge is 2.16. The van der Waals surface area contributed by atoms with Gasteiger partial charge in [0.05, 0.1) is 36.0 Å². The lowest BCUT2D eigenvalue weighted by Gasteiger charge is -2.23. The summed E-state index contributed by atoms with van der Waals surface area (Å²) >= 11 is 0. The van der Waals surface area contributed by atoms with Gasteiger partial charge in [0.1, 0.15) is 0 Å². The zero-order valence-electron chi connectivity index (χ0n) is 13.7. The number of likely N-dealkylation sites (N-methyl/N-ethyl adjacent to an activating group) is 1. The standard InChI is InChI=1S/C18H24N4O/c1-21(18(23)14-22-10-6-2-3-7-11-22)13-15-12-19-16-8-4-5-9-17(16)20-15/h4-5,8-9,12H,2-3,6-7,10-11,13-14H2,1H3. The smallest absolute Gasteiger partial charge is 0.236 e. The van der Waals surface area contributed by atoms with Crippen molar-refractivity contribution in [2.24, 2.45) is 0 Å². The lowest BCUT2D eigenvalue weighted by atomic mass is 10.2. The summed E-state index contributed by atoms with van der Waals surface area (Å²) in [6.07, 6.45) is 6.73. The predicted octanol–water partition coefficient (Wildman–Crippen LogP) is 2.46. The quantitative estimate of drug-likeness (QED) is 0.870. The summed E-state index contributed by atoms with van der Waals surface area (Å²) in [5.74, 6) is 0.154. The first-order valence-corrected chi connectivity index (χ1v) is 8.39. The maximum atomic E-state index is 12.4. The highest BCUT2D eigenvalue weighted by Crippen LogP contribution is 2.11. The Morgan fingerprint density at radius 1 is 1.13 bits per heavy atom. The largest absolute Gasteiger partial charge is 0.339 e. The van der Waals surface area contributed by atoms with Gasteiger partial charge < -0.3 is 4.90 Å². The van der Waals surface area contributed by atoms with Crippen molar-refractivity contribution in [3.05, 3.63) is 36.2 Å². The van der Waals surface area contributed by atoms with Crippen molar-refractivity contribution in [2.75, 3.05) is 26.7 Å². The number of carbonyl (C=O) groups excluding carboxylic acids is 1. The molecule has 0 saturated carbocycles. The second kappa shape index (κ2) is 7.51. The fraction of sp³-hybridized carbons (Fsp3) is 0.500. The van der Waals surface area contributed by atoms with Crippen LogP contribution in [0.4, 0.5) is 0 Å². The minimum absolute atomic E-state index is 0.154. The van der Waals surface area contributed by atoms with Crippen LogP contribution >= 0.6 is 0 Å². The predicted molar refractivity (Wildman–Crippen MR) is 90.9 cm³/mol. The topological polar surface area (TPSA) is 49.3 Å². The van der Waals surface area contributed by atoms with E-state index in [0.29, 0.717) is 13.1 Å². The SMILES string of the molecule is CN(Cc1cnc2ccccc2n1)C(=O)CN1CCCCCC1. The normalized spacial score (nSPS) is 16.2. The molecule has 5 nitrogen and oxygen atoms in total. The molecule has 0 atom stereocenters. The Hall–Kier alpha value is -2.01. The van der Waals surface area contributed by atoms with Crippen molar-refractivity contribution < 1.29 is 4.79 Å². The van der Waals surface area contributed by atoms with Crippen molar-refractivity contribution in [3.8, 4) is 0 Å². The van der Waals surface area contributed by atoms with Crippen LogP contribution < -0.4 is 0 Å². The van der Waals surface area contributed by atoms with Crippen LogP contribution in [0.2, 0.25) is 0 Å². The van der Waals surface area contributed by atoms with Gasteiger partial charge in [0.15, 0.2) is 0 Å². The Morgan fingerprint density at radius 3 is 2.57 bits per heavy atom. The van der Waals surface area contributed by atoms with Crippen molar-refractivity contribution >= 4 is 16.9 Å². The molecule has 1 aromatic heterocycles. The molecular formula is C18H24N4O. The van der Waals surface area contributed by atoms with Crippen LogP contribution in [0.3, 0.4) is 0 Å². The Bertz CT molecular complexity index is 665. The van der Waals surface area contributed by atoms with Crippen molar-refractivity contribution in [3.63, 3.8) is 0 Å². The Labute approximate surface area is 137 Å². The van der Waals surface area contributed by atoms with E-state index < -0.39 is 0 Å². The first-order valence-electron chi connectivity index (χ1n) is 8.39. The minimum Gasteiger partial charge on any atom is -0.339 e. The fourth-order valence-electron chi connectivity index (χ4n) is 3.01. The van der Waals surface area contributed by atoms with Crippen LogP contribution in [0.1, 0.15) is 31.4 Å². The van der Waals surface area contributed by atoms with E-state index in [1.165, 1.54) is 25.7 Å². The maximum Gasteiger partial charge on any atom is 0.236 e. The van der Waals surface area contributed by atoms with Gasteiger partial charge in [0.2, 0.25) is 5.91 Å². The first-order chi connectivity index (χ1) is 11.2. The third-order valence-electron chi connectivity index (χ3n) is 4.38. The molecule has 2 heterocycles. The van der Waals surface area contributed by atoms with E-state index in [0.717, 1.165) is 29.8 Å². The molecule has 5 heteroatoms. The lowest BCUT2D eigenvalue weighted by molar-refractivity contribution is -0.131. The molecule has 0 spiro atoms. The molecule has 122 valence electrons. The van der Waals surface area contributed by atoms with Gasteiger partial charge in [-0.2, -0.15) is 0 Å². The number of hydrogen-bond donors (Lipinski definition) is 0. The number of likely N-dealkylation sites (tertiary alicyclic amines) is 1. The average Bonchev–Trinajstić information content (AvgIpc) is 2.83. The highest BCUT2D eigenvalue weighted by atomic mass is 16.2. The van der Waals surface area contributed by atoms with E-state index in [1.54, 1.807) is 11.1 Å². The van der Waals surface area contributed by atoms with E-state index in [2.05, 4.69) is 14.9 Å². The second-order valence-corrected chi connectivity index (χ2v) is 6.29. The number of amides is 1. The van der Waals surface area contributed by atoms with Crippen LogP contribution in [0.5, 0.6) is 0 Å². The van der Waals surface area contributed by atoms with Gasteiger partial charge in [-0.1, -0.05) is 25.0 Å². The van der Waals surface area contributed by atoms with Gasteiger partial charge in [-0.25, -0.2) is 4.98 Å². The molecular weight excluding hydrogens is 288 g/mol. The van der Waals surface area contributed by atoms with E-state index >= 15 is 0 Å². The molecule has 1 aliphatic heterocycles. The van der Waals surface area contributed by atoms with Crippen LogP contribution in [-0.4, -0.2) is 52.4 Å². The van der Waals surface area contributed by atoms with Crippen LogP contribution in [0.15, 0.2) is 30.5 Å². The summed E-state index contributed by atoms with van der Waals surface area (Å²) < 4.78 is 0. The summed E-state index contributed by atoms with van der Waals surface area (Å²) in [4.78, 5) is 25.5. The number of para-hydroxylation sites is 2. The zero-order chi connectivity index (χ0) is 16.1. The number of aromatic nitrogens is 2. The summed E-state index contributed by atoms with van der Waals surface area (Å²) in [5.41, 5.74) is 2.59. The molecule has 3 rings (SSSR count). The van der Waals surface area contributed by atoms with Gasteiger partial charge in [0, 0.05) is 7.05 Å². The Kier molecular flexibility index (Phi) is 5.18. The fourth-order valence-corrected chi connectivity index (χ4v) is 3.01. The van der Waals surface area contributed by atoms with E-state index in [4.69, 9.17) is 0 Å². The molecule has 0 bridgehead atoms. The van der Waals surface area contributed by atoms with Gasteiger partial charge >= 0.3 is 0 Å². The molecule has 0 N–H and O–H groups in total. The number of nitrogens with zero attached hydrogens (tertiary/aromatic N) is 4. The van der Waals surface area contributed by atoms with Crippen molar-refractivity contribution in [1.82, 2.24) is 19.8 Å². The third-order valence-corrected chi connectivity index (χ3v) is 4.38. The monoisotopic (exact) mass is 312 g/mol. The van der Waals surface area contributed by atoms with Gasteiger partial charge in [-0.05, 0) is 38.1 Å². The average molecular weight is 312 g/mol. The zero-order valence-corrected chi connectivity index (χ0v) is 13.7. The Balaban J connectivity index is 1.60. The number of carbonyl (C=O) groups is 1. The summed E-state index contributed by atoms with van der Waals surface area (Å²) in [6, 6.07) is 7.80. The van der Waals surface area contributed by atoms with E-state index in [1.807, 2.05) is 31.3 Å². The molecule has 0 unspecified atom stereocenters. The highest BCUT2D eigenvalue weighted by molar-refractivity contribution is 5.78. The molecule has 0 aliphatic carbocycles. The molecule has 1 fully saturated rings. The van der Waals surface area contributed by atoms with Gasteiger partial charge in [-0.15, -0.1) is 0 Å². The summed E-state index contributed by atoms with van der Waals surface area (Å²) in [5, 5.41) is 0. The van der Waals surface area contributed by atoms with E-state index in [9.17, 15) is 4.79 Å². The third kappa shape index (κ3) is 4.26. The van der Waals surface area contributed by atoms with Gasteiger partial charge in [-0.3, -0.25) is 14.7 Å². The molecule has 23 heavy (non-hydrogen) atoms. The molecule has 1 amide bonds. The lowest BCUT2D eigenvalue weighted by Crippen LogP contribution is -2.38. The first kappa shape index (κ1) is 15.9. The summed E-state index contributed by atoms with van der Waals surface area (Å²) in [6.45, 7) is 3.09. The summed E-state index contributed by atoms with van der Waals surface area (Å²) in [7, 11) is 1.84. The number of hydrogen-bond acceptors (Lipinski definition) is 4. The molecule has 2 aromatic rings. The van der Waals surface area contributed by atoms with Crippen molar-refractivity contribution in [1.29, 1.82) is 0 Å². The van der Waals surface area contributed by atoms with Gasteiger partial charge in [0.25, 0.3) is 0 Å². The molecule has 1 aromatic carbocycles. The number of rotatable bonds is 4. The number of benzene rings is 1. The number of fused-ring (bicyclic) bond motifs is 1. The van der Waals surface area contributed by atoms with Crippen LogP contribution in [-0.2, 0) is 11.3 Å². The van der Waals surface area contributed by atoms with Crippen LogP contribution in [0, 0.1) is 0 Å². The van der Waals surface area contributed by atoms with Crippen LogP contribution in [0.25, 0.3) is 11.0 Å². The molecule has 0 radical (unpaired) electrons. The maximum absolute atomic E-state index is 12.4. The minimum atomic E-state index is 0.154. The second-order valence-electron chi connectivity index (χ2n) is 6.29. The Morgan fingerprint density at radius 2 is 1.83 bits per heavy atom.